The molecule has 4 rings (SSSR count). The highest BCUT2D eigenvalue weighted by molar-refractivity contribution is 5.92. The lowest BCUT2D eigenvalue weighted by Crippen LogP contribution is -2.32. The lowest BCUT2D eigenvalue weighted by atomic mass is 10.2. The van der Waals surface area contributed by atoms with Crippen LogP contribution in [0.25, 0.3) is 10.9 Å². The molecule has 3 heterocycles. The summed E-state index contributed by atoms with van der Waals surface area (Å²) < 4.78 is 7.45. The zero-order valence-corrected chi connectivity index (χ0v) is 15.5. The van der Waals surface area contributed by atoms with E-state index in [1.165, 1.54) is 4.57 Å². The number of ether oxygens (including phenoxy) is 1. The van der Waals surface area contributed by atoms with E-state index in [0.29, 0.717) is 17.3 Å². The minimum Gasteiger partial charge on any atom is -0.457 e. The molecular formula is C20H21N5O3. The molecule has 1 saturated heterocycles. The van der Waals surface area contributed by atoms with E-state index in [0.717, 1.165) is 36.8 Å². The van der Waals surface area contributed by atoms with E-state index in [1.54, 1.807) is 42.5 Å². The van der Waals surface area contributed by atoms with Crippen LogP contribution in [0.4, 0.5) is 15.4 Å². The molecule has 0 bridgehead atoms. The molecule has 8 heteroatoms. The van der Waals surface area contributed by atoms with Crippen LogP contribution in [0.3, 0.4) is 0 Å². The molecule has 3 amide bonds. The van der Waals surface area contributed by atoms with Crippen molar-refractivity contribution in [3.8, 4) is 11.5 Å². The molecule has 1 aliphatic rings. The summed E-state index contributed by atoms with van der Waals surface area (Å²) in [5.74, 6) is 1.64. The molecule has 0 atom stereocenters. The van der Waals surface area contributed by atoms with Crippen molar-refractivity contribution < 1.29 is 14.3 Å². The fourth-order valence-electron chi connectivity index (χ4n) is 3.27. The van der Waals surface area contributed by atoms with E-state index in [-0.39, 0.29) is 12.1 Å². The van der Waals surface area contributed by atoms with Crippen LogP contribution in [0.2, 0.25) is 0 Å². The normalized spacial score (nSPS) is 13.5. The van der Waals surface area contributed by atoms with Crippen molar-refractivity contribution in [3.05, 3.63) is 48.8 Å². The van der Waals surface area contributed by atoms with Gasteiger partial charge in [-0.1, -0.05) is 0 Å². The molecule has 2 aromatic heterocycles. The summed E-state index contributed by atoms with van der Waals surface area (Å²) in [4.78, 5) is 30.0. The first-order valence-electron chi connectivity index (χ1n) is 9.17. The number of anilines is 1. The smallest absolute Gasteiger partial charge is 0.325 e. The van der Waals surface area contributed by atoms with Gasteiger partial charge >= 0.3 is 12.1 Å². The summed E-state index contributed by atoms with van der Waals surface area (Å²) >= 11 is 0. The number of nitrogens with zero attached hydrogens (tertiary/aromatic N) is 3. The first-order chi connectivity index (χ1) is 13.6. The number of amides is 3. The molecule has 2 N–H and O–H groups in total. The van der Waals surface area contributed by atoms with Gasteiger partial charge in [0.25, 0.3) is 0 Å². The van der Waals surface area contributed by atoms with Crippen LogP contribution in [0.5, 0.6) is 11.5 Å². The summed E-state index contributed by atoms with van der Waals surface area (Å²) in [5.41, 5.74) is 0.792. The van der Waals surface area contributed by atoms with Crippen molar-refractivity contribution in [2.75, 3.05) is 25.5 Å². The van der Waals surface area contributed by atoms with Gasteiger partial charge in [-0.15, -0.1) is 0 Å². The second-order valence-electron chi connectivity index (χ2n) is 6.56. The molecule has 3 aromatic rings. The summed E-state index contributed by atoms with van der Waals surface area (Å²) in [6, 6.07) is 10.4. The van der Waals surface area contributed by atoms with Gasteiger partial charge in [0.15, 0.2) is 0 Å². The number of hydrogen-bond donors (Lipinski definition) is 2. The monoisotopic (exact) mass is 379 g/mol. The maximum absolute atomic E-state index is 12.2. The first-order valence-corrected chi connectivity index (χ1v) is 9.17. The van der Waals surface area contributed by atoms with E-state index >= 15 is 0 Å². The number of likely N-dealkylation sites (tertiary alicyclic amines) is 1. The van der Waals surface area contributed by atoms with Crippen LogP contribution in [0.1, 0.15) is 12.8 Å². The largest absolute Gasteiger partial charge is 0.457 e. The van der Waals surface area contributed by atoms with Crippen LogP contribution in [0.15, 0.2) is 48.8 Å². The molecule has 144 valence electrons. The standard InChI is InChI=1S/C20H21N5O3/c1-21-19(26)25-11-7-14-12-15(4-5-17(14)25)28-16-6-8-22-18(13-16)23-20(27)24-9-2-3-10-24/h4-8,11-13H,2-3,9-10H2,1H3,(H,21,26)(H,22,23,27). The number of carbonyl (C=O) groups excluding carboxylic acids is 2. The number of benzene rings is 1. The molecule has 1 fully saturated rings. The van der Waals surface area contributed by atoms with E-state index in [4.69, 9.17) is 4.74 Å². The minimum atomic E-state index is -0.198. The summed E-state index contributed by atoms with van der Waals surface area (Å²) in [6.45, 7) is 1.55. The van der Waals surface area contributed by atoms with Crippen molar-refractivity contribution in [2.45, 2.75) is 12.8 Å². The van der Waals surface area contributed by atoms with Crippen molar-refractivity contribution in [3.63, 3.8) is 0 Å². The number of rotatable bonds is 3. The van der Waals surface area contributed by atoms with Crippen LogP contribution >= 0.6 is 0 Å². The number of aromatic nitrogens is 2. The third kappa shape index (κ3) is 3.62. The molecule has 0 radical (unpaired) electrons. The van der Waals surface area contributed by atoms with Gasteiger partial charge in [-0.3, -0.25) is 9.88 Å². The maximum atomic E-state index is 12.2. The highest BCUT2D eigenvalue weighted by Crippen LogP contribution is 2.27. The van der Waals surface area contributed by atoms with Crippen molar-refractivity contribution in [1.82, 2.24) is 19.8 Å². The number of nitrogens with one attached hydrogen (secondary N) is 2. The second kappa shape index (κ2) is 7.59. The van der Waals surface area contributed by atoms with E-state index in [2.05, 4.69) is 15.6 Å². The van der Waals surface area contributed by atoms with Gasteiger partial charge in [0.1, 0.15) is 17.3 Å². The van der Waals surface area contributed by atoms with Gasteiger partial charge in [-0.25, -0.2) is 14.6 Å². The molecule has 1 aromatic carbocycles. The fraction of sp³-hybridized carbons (Fsp3) is 0.250. The van der Waals surface area contributed by atoms with Gasteiger partial charge in [-0.05, 0) is 43.2 Å². The predicted octanol–water partition coefficient (Wildman–Crippen LogP) is 3.64. The topological polar surface area (TPSA) is 88.5 Å². The molecule has 1 aliphatic heterocycles. The third-order valence-corrected chi connectivity index (χ3v) is 4.69. The Hall–Kier alpha value is -3.55. The van der Waals surface area contributed by atoms with E-state index in [1.807, 2.05) is 18.2 Å². The first kappa shape index (κ1) is 17.8. The Labute approximate surface area is 162 Å². The molecule has 28 heavy (non-hydrogen) atoms. The quantitative estimate of drug-likeness (QED) is 0.727. The number of carbonyl (C=O) groups is 2. The zero-order valence-electron chi connectivity index (χ0n) is 15.5. The van der Waals surface area contributed by atoms with Gasteiger partial charge in [0, 0.05) is 44.0 Å². The van der Waals surface area contributed by atoms with Crippen molar-refractivity contribution in [1.29, 1.82) is 0 Å². The lowest BCUT2D eigenvalue weighted by molar-refractivity contribution is 0.222. The van der Waals surface area contributed by atoms with Crippen LogP contribution in [-0.4, -0.2) is 46.7 Å². The molecule has 0 unspecified atom stereocenters. The lowest BCUT2D eigenvalue weighted by Gasteiger charge is -2.16. The van der Waals surface area contributed by atoms with Crippen LogP contribution < -0.4 is 15.4 Å². The van der Waals surface area contributed by atoms with Gasteiger partial charge in [-0.2, -0.15) is 0 Å². The Balaban J connectivity index is 1.49. The maximum Gasteiger partial charge on any atom is 0.325 e. The second-order valence-corrected chi connectivity index (χ2v) is 6.56. The molecule has 0 spiro atoms. The Bertz CT molecular complexity index is 1020. The fourth-order valence-corrected chi connectivity index (χ4v) is 3.27. The van der Waals surface area contributed by atoms with Gasteiger partial charge in [0.05, 0.1) is 5.52 Å². The summed E-state index contributed by atoms with van der Waals surface area (Å²) in [6.07, 6.45) is 5.38. The molecule has 8 nitrogen and oxygen atoms in total. The predicted molar refractivity (Wildman–Crippen MR) is 106 cm³/mol. The van der Waals surface area contributed by atoms with E-state index in [9.17, 15) is 9.59 Å². The number of pyridine rings is 1. The minimum absolute atomic E-state index is 0.140. The Morgan fingerprint density at radius 2 is 1.82 bits per heavy atom. The van der Waals surface area contributed by atoms with Crippen LogP contribution in [0, 0.1) is 0 Å². The third-order valence-electron chi connectivity index (χ3n) is 4.69. The number of urea groups is 1. The van der Waals surface area contributed by atoms with Gasteiger partial charge < -0.3 is 15.0 Å². The molecular weight excluding hydrogens is 358 g/mol. The average molecular weight is 379 g/mol. The molecule has 0 saturated carbocycles. The number of fused-ring (bicyclic) bond motifs is 1. The summed E-state index contributed by atoms with van der Waals surface area (Å²) in [5, 5.41) is 6.30. The van der Waals surface area contributed by atoms with Gasteiger partial charge in [0.2, 0.25) is 0 Å². The summed E-state index contributed by atoms with van der Waals surface area (Å²) in [7, 11) is 1.59. The Morgan fingerprint density at radius 1 is 1.04 bits per heavy atom. The molecule has 0 aliphatic carbocycles. The van der Waals surface area contributed by atoms with Crippen molar-refractivity contribution >= 4 is 28.8 Å². The number of hydrogen-bond acceptors (Lipinski definition) is 4. The highest BCUT2D eigenvalue weighted by Gasteiger charge is 2.18. The zero-order chi connectivity index (χ0) is 19.5. The Kier molecular flexibility index (Phi) is 4.84. The SMILES string of the molecule is CNC(=O)n1ccc2cc(Oc3ccnc(NC(=O)N4CCCC4)c3)ccc21. The average Bonchev–Trinajstić information content (AvgIpc) is 3.37. The highest BCUT2D eigenvalue weighted by atomic mass is 16.5. The van der Waals surface area contributed by atoms with Crippen molar-refractivity contribution in [2.24, 2.45) is 0 Å². The van der Waals surface area contributed by atoms with Crippen LogP contribution in [-0.2, 0) is 0 Å². The van der Waals surface area contributed by atoms with E-state index < -0.39 is 0 Å². The Morgan fingerprint density at radius 3 is 2.61 bits per heavy atom.